The van der Waals surface area contributed by atoms with Crippen LogP contribution < -0.4 is 0 Å². The number of hydroxylamine groups is 2. The molecule has 2 atom stereocenters. The van der Waals surface area contributed by atoms with Crippen LogP contribution >= 0.6 is 0 Å². The first-order chi connectivity index (χ1) is 11.0. The molecule has 0 saturated heterocycles. The van der Waals surface area contributed by atoms with E-state index in [0.717, 1.165) is 11.1 Å². The quantitative estimate of drug-likeness (QED) is 0.795. The maximum Gasteiger partial charge on any atom is 0.278 e. The van der Waals surface area contributed by atoms with Gasteiger partial charge in [0.05, 0.1) is 7.11 Å². The average molecular weight is 319 g/mol. The van der Waals surface area contributed by atoms with E-state index in [4.69, 9.17) is 14.3 Å². The third kappa shape index (κ3) is 2.21. The molecule has 1 amide bonds. The van der Waals surface area contributed by atoms with Crippen molar-refractivity contribution in [2.75, 3.05) is 21.3 Å². The van der Waals surface area contributed by atoms with Gasteiger partial charge in [-0.1, -0.05) is 17.7 Å². The zero-order chi connectivity index (χ0) is 16.8. The summed E-state index contributed by atoms with van der Waals surface area (Å²) in [6.07, 6.45) is 0.421. The summed E-state index contributed by atoms with van der Waals surface area (Å²) in [4.78, 5) is 30.6. The Bertz CT molecular complexity index is 652. The average Bonchev–Trinajstić information content (AvgIpc) is 2.58. The zero-order valence-electron chi connectivity index (χ0n) is 13.8. The second-order valence-electron chi connectivity index (χ2n) is 6.05. The van der Waals surface area contributed by atoms with E-state index >= 15 is 0 Å². The maximum absolute atomic E-state index is 12.9. The summed E-state index contributed by atoms with van der Waals surface area (Å²) < 4.78 is 11.5. The minimum Gasteiger partial charge on any atom is -0.351 e. The van der Waals surface area contributed by atoms with Gasteiger partial charge in [0.25, 0.3) is 5.91 Å². The summed E-state index contributed by atoms with van der Waals surface area (Å²) in [7, 11) is 4.50. The lowest BCUT2D eigenvalue weighted by atomic mass is 9.75. The molecule has 1 aromatic rings. The van der Waals surface area contributed by atoms with Crippen LogP contribution in [0.5, 0.6) is 0 Å². The SMILES string of the molecule is CON1C(=O)c2ccc(C)cc2[C@@H]2CC(=O)C[C@H]1C2(OC)OC. The lowest BCUT2D eigenvalue weighted by molar-refractivity contribution is -0.292. The predicted molar refractivity (Wildman–Crippen MR) is 81.9 cm³/mol. The van der Waals surface area contributed by atoms with Crippen LogP contribution in [0, 0.1) is 6.92 Å². The van der Waals surface area contributed by atoms with Gasteiger partial charge in [-0.25, -0.2) is 5.06 Å². The number of carbonyl (C=O) groups is 2. The van der Waals surface area contributed by atoms with E-state index in [1.807, 2.05) is 19.1 Å². The molecular weight excluding hydrogens is 298 g/mol. The van der Waals surface area contributed by atoms with Gasteiger partial charge in [0.1, 0.15) is 11.8 Å². The van der Waals surface area contributed by atoms with Crippen molar-refractivity contribution in [2.24, 2.45) is 0 Å². The van der Waals surface area contributed by atoms with Crippen LogP contribution in [0.4, 0.5) is 0 Å². The fourth-order valence-corrected chi connectivity index (χ4v) is 3.89. The van der Waals surface area contributed by atoms with Crippen LogP contribution in [0.25, 0.3) is 0 Å². The molecule has 1 aliphatic heterocycles. The molecule has 2 aliphatic rings. The first-order valence-corrected chi connectivity index (χ1v) is 7.58. The normalized spacial score (nSPS) is 26.0. The van der Waals surface area contributed by atoms with Crippen molar-refractivity contribution in [3.63, 3.8) is 0 Å². The molecule has 0 spiro atoms. The van der Waals surface area contributed by atoms with Crippen LogP contribution in [0.2, 0.25) is 0 Å². The van der Waals surface area contributed by atoms with E-state index in [2.05, 4.69) is 0 Å². The molecule has 0 unspecified atom stereocenters. The monoisotopic (exact) mass is 319 g/mol. The van der Waals surface area contributed by atoms with Crippen molar-refractivity contribution in [3.05, 3.63) is 34.9 Å². The highest BCUT2D eigenvalue weighted by molar-refractivity contribution is 5.97. The Balaban J connectivity index is 2.31. The van der Waals surface area contributed by atoms with E-state index < -0.39 is 11.8 Å². The molecule has 1 saturated carbocycles. The summed E-state index contributed by atoms with van der Waals surface area (Å²) in [5.41, 5.74) is 2.31. The van der Waals surface area contributed by atoms with Crippen molar-refractivity contribution in [3.8, 4) is 0 Å². The Labute approximate surface area is 135 Å². The van der Waals surface area contributed by atoms with Crippen molar-refractivity contribution in [1.82, 2.24) is 5.06 Å². The first kappa shape index (κ1) is 16.1. The number of methoxy groups -OCH3 is 2. The van der Waals surface area contributed by atoms with Crippen LogP contribution in [-0.4, -0.2) is 49.9 Å². The number of benzene rings is 1. The minimum atomic E-state index is -1.11. The van der Waals surface area contributed by atoms with Crippen LogP contribution in [-0.2, 0) is 19.1 Å². The fourth-order valence-electron chi connectivity index (χ4n) is 3.89. The van der Waals surface area contributed by atoms with Gasteiger partial charge in [-0.3, -0.25) is 14.4 Å². The van der Waals surface area contributed by atoms with Crippen molar-refractivity contribution >= 4 is 11.7 Å². The lowest BCUT2D eigenvalue weighted by Gasteiger charge is -2.47. The lowest BCUT2D eigenvalue weighted by Crippen LogP contribution is -2.61. The van der Waals surface area contributed by atoms with Gasteiger partial charge >= 0.3 is 0 Å². The van der Waals surface area contributed by atoms with E-state index in [-0.39, 0.29) is 30.4 Å². The number of hydrogen-bond acceptors (Lipinski definition) is 5. The topological polar surface area (TPSA) is 65.1 Å². The zero-order valence-corrected chi connectivity index (χ0v) is 13.8. The molecule has 1 aromatic carbocycles. The molecule has 0 radical (unpaired) electrons. The van der Waals surface area contributed by atoms with Gasteiger partial charge in [0.15, 0.2) is 5.79 Å². The maximum atomic E-state index is 12.9. The standard InChI is InChI=1S/C17H21NO5/c1-10-5-6-12-13(7-10)14-8-11(19)9-15(17(14,21-2)22-3)18(23-4)16(12)20/h5-7,14-15H,8-9H2,1-4H3/t14-,15-/m0/s1. The molecule has 3 rings (SSSR count). The number of amides is 1. The van der Waals surface area contributed by atoms with Gasteiger partial charge in [-0.05, 0) is 18.6 Å². The van der Waals surface area contributed by atoms with E-state index in [0.29, 0.717) is 5.56 Å². The summed E-state index contributed by atoms with van der Waals surface area (Å²) in [5, 5.41) is 1.22. The van der Waals surface area contributed by atoms with Crippen molar-refractivity contribution < 1.29 is 23.9 Å². The van der Waals surface area contributed by atoms with Crippen molar-refractivity contribution in [2.45, 2.75) is 37.5 Å². The molecule has 0 N–H and O–H groups in total. The molecule has 0 aromatic heterocycles. The number of nitrogens with zero attached hydrogens (tertiary/aromatic N) is 1. The number of hydrogen-bond donors (Lipinski definition) is 0. The number of ether oxygens (including phenoxy) is 2. The summed E-state index contributed by atoms with van der Waals surface area (Å²) in [6.45, 7) is 1.95. The molecule has 2 bridgehead atoms. The number of ketones is 1. The first-order valence-electron chi connectivity index (χ1n) is 7.58. The molecular formula is C17H21NO5. The van der Waals surface area contributed by atoms with Gasteiger partial charge in [-0.15, -0.1) is 0 Å². The van der Waals surface area contributed by atoms with E-state index in [1.165, 1.54) is 12.2 Å². The highest BCUT2D eigenvalue weighted by Gasteiger charge is 2.58. The molecule has 23 heavy (non-hydrogen) atoms. The highest BCUT2D eigenvalue weighted by Crippen LogP contribution is 2.48. The van der Waals surface area contributed by atoms with Gasteiger partial charge in [-0.2, -0.15) is 0 Å². The largest absolute Gasteiger partial charge is 0.351 e. The number of rotatable bonds is 3. The Hall–Kier alpha value is -1.76. The van der Waals surface area contributed by atoms with Crippen LogP contribution in [0.3, 0.4) is 0 Å². The molecule has 1 heterocycles. The molecule has 124 valence electrons. The van der Waals surface area contributed by atoms with Gasteiger partial charge in [0.2, 0.25) is 0 Å². The minimum absolute atomic E-state index is 0.0638. The molecule has 6 nitrogen and oxygen atoms in total. The number of carbonyl (C=O) groups excluding carboxylic acids is 2. The van der Waals surface area contributed by atoms with Crippen molar-refractivity contribution in [1.29, 1.82) is 0 Å². The van der Waals surface area contributed by atoms with E-state index in [1.54, 1.807) is 20.3 Å². The van der Waals surface area contributed by atoms with Gasteiger partial charge in [0, 0.05) is 38.5 Å². The third-order valence-corrected chi connectivity index (χ3v) is 4.93. The Morgan fingerprint density at radius 2 is 1.83 bits per heavy atom. The Morgan fingerprint density at radius 1 is 1.13 bits per heavy atom. The van der Waals surface area contributed by atoms with Gasteiger partial charge < -0.3 is 9.47 Å². The summed E-state index contributed by atoms with van der Waals surface area (Å²) in [6, 6.07) is 4.96. The Morgan fingerprint density at radius 3 is 2.43 bits per heavy atom. The number of Topliss-reactive ketones (excluding diaryl/α,β-unsaturated/α-hetero) is 1. The van der Waals surface area contributed by atoms with Crippen LogP contribution in [0.1, 0.15) is 40.2 Å². The highest BCUT2D eigenvalue weighted by atomic mass is 16.7. The second kappa shape index (κ2) is 5.70. The summed E-state index contributed by atoms with van der Waals surface area (Å²) >= 11 is 0. The third-order valence-electron chi connectivity index (χ3n) is 4.93. The Kier molecular flexibility index (Phi) is 4.00. The molecule has 1 fully saturated rings. The number of fused-ring (bicyclic) bond motifs is 4. The predicted octanol–water partition coefficient (Wildman–Crippen LogP) is 1.82. The fraction of sp³-hybridized carbons (Fsp3) is 0.529. The molecule has 1 aliphatic carbocycles. The summed E-state index contributed by atoms with van der Waals surface area (Å²) in [5.74, 6) is -1.68. The molecule has 6 heteroatoms. The smallest absolute Gasteiger partial charge is 0.278 e. The van der Waals surface area contributed by atoms with E-state index in [9.17, 15) is 9.59 Å². The van der Waals surface area contributed by atoms with Crippen LogP contribution in [0.15, 0.2) is 18.2 Å². The second-order valence-corrected chi connectivity index (χ2v) is 6.05. The number of aryl methyl sites for hydroxylation is 1.